The van der Waals surface area contributed by atoms with E-state index >= 15 is 0 Å². The number of ether oxygens (including phenoxy) is 1. The summed E-state index contributed by atoms with van der Waals surface area (Å²) in [4.78, 5) is 12.2. The number of aromatic hydroxyl groups is 1. The molecule has 110 valence electrons. The first-order valence-corrected chi connectivity index (χ1v) is 6.98. The summed E-state index contributed by atoms with van der Waals surface area (Å²) in [5.74, 6) is 0.205. The number of carbonyl (C=O) groups is 1. The molecule has 0 saturated carbocycles. The Morgan fingerprint density at radius 2 is 2.00 bits per heavy atom. The third kappa shape index (κ3) is 3.67. The van der Waals surface area contributed by atoms with Crippen molar-refractivity contribution in [3.8, 4) is 11.5 Å². The Balaban J connectivity index is 2.15. The maximum atomic E-state index is 12.2. The second kappa shape index (κ2) is 6.99. The maximum Gasteiger partial charge on any atom is 0.251 e. The maximum absolute atomic E-state index is 12.2. The molecule has 2 N–H and O–H groups in total. The number of nitrogens with one attached hydrogen (secondary N) is 1. The summed E-state index contributed by atoms with van der Waals surface area (Å²) < 4.78 is 4.95. The van der Waals surface area contributed by atoms with E-state index in [9.17, 15) is 9.90 Å². The Hall–Kier alpha value is -2.20. The summed E-state index contributed by atoms with van der Waals surface area (Å²) in [6.07, 6.45) is 0. The summed E-state index contributed by atoms with van der Waals surface area (Å²) in [6.45, 7) is 0. The largest absolute Gasteiger partial charge is 0.504 e. The van der Waals surface area contributed by atoms with Gasteiger partial charge in [-0.1, -0.05) is 30.3 Å². The zero-order chi connectivity index (χ0) is 15.2. The fraction of sp³-hybridized carbons (Fsp3) is 0.188. The van der Waals surface area contributed by atoms with Crippen molar-refractivity contribution in [1.82, 2.24) is 5.32 Å². The van der Waals surface area contributed by atoms with Crippen LogP contribution in [0.1, 0.15) is 22.0 Å². The van der Waals surface area contributed by atoms with Crippen molar-refractivity contribution in [3.63, 3.8) is 0 Å². The van der Waals surface area contributed by atoms with Crippen LogP contribution in [0.5, 0.6) is 11.5 Å². The Kier molecular flexibility index (Phi) is 5.06. The van der Waals surface area contributed by atoms with E-state index in [4.69, 9.17) is 16.3 Å². The smallest absolute Gasteiger partial charge is 0.251 e. The molecule has 5 heteroatoms. The molecular formula is C16H16ClNO3. The van der Waals surface area contributed by atoms with Gasteiger partial charge in [0.05, 0.1) is 13.2 Å². The molecule has 0 bridgehead atoms. The molecule has 0 saturated heterocycles. The summed E-state index contributed by atoms with van der Waals surface area (Å²) in [5.41, 5.74) is 1.28. The lowest BCUT2D eigenvalue weighted by atomic mass is 10.1. The minimum Gasteiger partial charge on any atom is -0.504 e. The molecule has 2 rings (SSSR count). The molecule has 4 nitrogen and oxygen atoms in total. The van der Waals surface area contributed by atoms with E-state index in [1.165, 1.54) is 13.2 Å². The summed E-state index contributed by atoms with van der Waals surface area (Å²) in [5, 5.41) is 12.6. The second-order valence-electron chi connectivity index (χ2n) is 4.48. The van der Waals surface area contributed by atoms with Crippen molar-refractivity contribution < 1.29 is 14.6 Å². The molecule has 0 aliphatic carbocycles. The van der Waals surface area contributed by atoms with Gasteiger partial charge in [-0.3, -0.25) is 4.79 Å². The Morgan fingerprint density at radius 1 is 1.29 bits per heavy atom. The van der Waals surface area contributed by atoms with Crippen LogP contribution in [-0.4, -0.2) is 24.0 Å². The summed E-state index contributed by atoms with van der Waals surface area (Å²) >= 11 is 5.93. The van der Waals surface area contributed by atoms with Gasteiger partial charge in [-0.05, 0) is 23.8 Å². The molecule has 0 radical (unpaired) electrons. The molecule has 0 fully saturated rings. The van der Waals surface area contributed by atoms with Gasteiger partial charge in [-0.2, -0.15) is 0 Å². The monoisotopic (exact) mass is 305 g/mol. The number of benzene rings is 2. The zero-order valence-corrected chi connectivity index (χ0v) is 12.3. The number of hydrogen-bond donors (Lipinski definition) is 2. The number of halogens is 1. The van der Waals surface area contributed by atoms with Gasteiger partial charge in [0.1, 0.15) is 0 Å². The molecule has 2 aromatic rings. The summed E-state index contributed by atoms with van der Waals surface area (Å²) in [6, 6.07) is 13.7. The molecule has 1 atom stereocenters. The first kappa shape index (κ1) is 15.2. The topological polar surface area (TPSA) is 58.6 Å². The highest BCUT2D eigenvalue weighted by Crippen LogP contribution is 2.26. The van der Waals surface area contributed by atoms with Gasteiger partial charge in [-0.15, -0.1) is 11.6 Å². The standard InChI is InChI=1S/C16H16ClNO3/c1-21-15-8-7-12(9-14(15)19)16(20)18-13(10-17)11-5-3-2-4-6-11/h2-9,13,19H,10H2,1H3,(H,18,20). The van der Waals surface area contributed by atoms with Gasteiger partial charge in [0.15, 0.2) is 11.5 Å². The zero-order valence-electron chi connectivity index (χ0n) is 11.5. The number of phenolic OH excluding ortho intramolecular Hbond substituents is 1. The third-order valence-electron chi connectivity index (χ3n) is 3.10. The molecule has 0 aliphatic heterocycles. The molecular weight excluding hydrogens is 290 g/mol. The molecule has 0 spiro atoms. The van der Waals surface area contributed by atoms with Crippen molar-refractivity contribution >= 4 is 17.5 Å². The van der Waals surface area contributed by atoms with Crippen LogP contribution in [0, 0.1) is 0 Å². The predicted octanol–water partition coefficient (Wildman–Crippen LogP) is 3.11. The van der Waals surface area contributed by atoms with Gasteiger partial charge in [0, 0.05) is 11.4 Å². The van der Waals surface area contributed by atoms with Crippen LogP contribution in [0.4, 0.5) is 0 Å². The van der Waals surface area contributed by atoms with Crippen molar-refractivity contribution in [2.45, 2.75) is 6.04 Å². The molecule has 0 aliphatic rings. The van der Waals surface area contributed by atoms with Crippen LogP contribution in [0.2, 0.25) is 0 Å². The number of methoxy groups -OCH3 is 1. The molecule has 1 unspecified atom stereocenters. The lowest BCUT2D eigenvalue weighted by Gasteiger charge is -2.16. The number of alkyl halides is 1. The molecule has 0 heterocycles. The molecule has 2 aromatic carbocycles. The van der Waals surface area contributed by atoms with E-state index in [0.717, 1.165) is 5.56 Å². The summed E-state index contributed by atoms with van der Waals surface area (Å²) in [7, 11) is 1.45. The Bertz CT molecular complexity index is 616. The number of hydrogen-bond acceptors (Lipinski definition) is 3. The van der Waals surface area contributed by atoms with Gasteiger partial charge in [0.25, 0.3) is 5.91 Å². The van der Waals surface area contributed by atoms with Crippen LogP contribution in [0.3, 0.4) is 0 Å². The molecule has 0 aromatic heterocycles. The first-order valence-electron chi connectivity index (χ1n) is 6.44. The average Bonchev–Trinajstić information content (AvgIpc) is 2.53. The van der Waals surface area contributed by atoms with Crippen LogP contribution in [0.25, 0.3) is 0 Å². The van der Waals surface area contributed by atoms with Gasteiger partial charge >= 0.3 is 0 Å². The van der Waals surface area contributed by atoms with Crippen LogP contribution < -0.4 is 10.1 Å². The lowest BCUT2D eigenvalue weighted by Crippen LogP contribution is -2.29. The highest BCUT2D eigenvalue weighted by Gasteiger charge is 2.15. The van der Waals surface area contributed by atoms with Crippen molar-refractivity contribution in [3.05, 3.63) is 59.7 Å². The average molecular weight is 306 g/mol. The van der Waals surface area contributed by atoms with E-state index < -0.39 is 0 Å². The predicted molar refractivity (Wildman–Crippen MR) is 82.0 cm³/mol. The number of amides is 1. The normalized spacial score (nSPS) is 11.7. The highest BCUT2D eigenvalue weighted by atomic mass is 35.5. The highest BCUT2D eigenvalue weighted by molar-refractivity contribution is 6.18. The van der Waals surface area contributed by atoms with E-state index in [2.05, 4.69) is 5.32 Å². The van der Waals surface area contributed by atoms with Crippen LogP contribution in [-0.2, 0) is 0 Å². The number of phenols is 1. The minimum atomic E-state index is -0.303. The Morgan fingerprint density at radius 3 is 2.57 bits per heavy atom. The lowest BCUT2D eigenvalue weighted by molar-refractivity contribution is 0.0940. The fourth-order valence-electron chi connectivity index (χ4n) is 1.97. The van der Waals surface area contributed by atoms with Gasteiger partial charge < -0.3 is 15.2 Å². The SMILES string of the molecule is COc1ccc(C(=O)NC(CCl)c2ccccc2)cc1O. The van der Waals surface area contributed by atoms with Gasteiger partial charge in [-0.25, -0.2) is 0 Å². The van der Waals surface area contributed by atoms with Crippen molar-refractivity contribution in [2.75, 3.05) is 13.0 Å². The van der Waals surface area contributed by atoms with E-state index in [-0.39, 0.29) is 23.6 Å². The fourth-order valence-corrected chi connectivity index (χ4v) is 2.22. The second-order valence-corrected chi connectivity index (χ2v) is 4.79. The number of carbonyl (C=O) groups excluding carboxylic acids is 1. The first-order chi connectivity index (χ1) is 10.2. The van der Waals surface area contributed by atoms with Gasteiger partial charge in [0.2, 0.25) is 0 Å². The number of rotatable bonds is 5. The Labute approximate surface area is 128 Å². The quantitative estimate of drug-likeness (QED) is 0.835. The van der Waals surface area contributed by atoms with E-state index in [1.807, 2.05) is 30.3 Å². The van der Waals surface area contributed by atoms with Crippen molar-refractivity contribution in [2.24, 2.45) is 0 Å². The minimum absolute atomic E-state index is 0.0766. The van der Waals surface area contributed by atoms with Crippen molar-refractivity contribution in [1.29, 1.82) is 0 Å². The van der Waals surface area contributed by atoms with E-state index in [1.54, 1.807) is 12.1 Å². The van der Waals surface area contributed by atoms with Crippen LogP contribution >= 0.6 is 11.6 Å². The third-order valence-corrected chi connectivity index (χ3v) is 3.41. The molecule has 1 amide bonds. The van der Waals surface area contributed by atoms with E-state index in [0.29, 0.717) is 11.3 Å². The molecule has 21 heavy (non-hydrogen) atoms. The van der Waals surface area contributed by atoms with Crippen LogP contribution in [0.15, 0.2) is 48.5 Å².